The zero-order valence-corrected chi connectivity index (χ0v) is 22.0. The van der Waals surface area contributed by atoms with E-state index >= 15 is 0 Å². The van der Waals surface area contributed by atoms with Crippen LogP contribution in [0.1, 0.15) is 46.9 Å². The number of anilines is 1. The third kappa shape index (κ3) is 5.15. The van der Waals surface area contributed by atoms with E-state index in [0.717, 1.165) is 27.9 Å². The van der Waals surface area contributed by atoms with Crippen LogP contribution in [0.25, 0.3) is 0 Å². The highest BCUT2D eigenvalue weighted by molar-refractivity contribution is 9.11. The summed E-state index contributed by atoms with van der Waals surface area (Å²) in [5, 5.41) is 3.24. The van der Waals surface area contributed by atoms with Gasteiger partial charge in [-0.05, 0) is 83.7 Å². The van der Waals surface area contributed by atoms with Crippen molar-refractivity contribution in [3.8, 4) is 5.06 Å². The fraction of sp³-hybridized carbons (Fsp3) is 0.308. The van der Waals surface area contributed by atoms with Gasteiger partial charge in [0, 0.05) is 37.0 Å². The van der Waals surface area contributed by atoms with Gasteiger partial charge >= 0.3 is 6.09 Å². The molecule has 2 unspecified atom stereocenters. The minimum atomic E-state index is -0.589. The predicted octanol–water partition coefficient (Wildman–Crippen LogP) is 5.09. The number of hydrogen-bond donors (Lipinski definition) is 1. The van der Waals surface area contributed by atoms with Gasteiger partial charge in [-0.3, -0.25) is 14.6 Å². The number of thiophene rings is 1. The number of rotatable bonds is 5. The Kier molecular flexibility index (Phi) is 7.06. The first kappa shape index (κ1) is 24.5. The first-order valence-electron chi connectivity index (χ1n) is 11.8. The molecular weight excluding hydrogens is 544 g/mol. The molecule has 3 amide bonds. The Hall–Kier alpha value is -3.24. The quantitative estimate of drug-likeness (QED) is 0.463. The highest BCUT2D eigenvalue weighted by Crippen LogP contribution is 2.33. The largest absolute Gasteiger partial charge is 0.413 e. The molecule has 36 heavy (non-hydrogen) atoms. The smallest absolute Gasteiger partial charge is 0.399 e. The van der Waals surface area contributed by atoms with Crippen molar-refractivity contribution in [2.75, 3.05) is 18.0 Å². The highest BCUT2D eigenvalue weighted by Gasteiger charge is 2.34. The van der Waals surface area contributed by atoms with Crippen molar-refractivity contribution in [3.05, 3.63) is 75.3 Å². The Morgan fingerprint density at radius 2 is 2.06 bits per heavy atom. The van der Waals surface area contributed by atoms with Gasteiger partial charge in [-0.1, -0.05) is 17.4 Å². The monoisotopic (exact) mass is 568 g/mol. The number of aromatic nitrogens is 1. The summed E-state index contributed by atoms with van der Waals surface area (Å²) in [4.78, 5) is 46.4. The molecule has 2 aliphatic heterocycles. The summed E-state index contributed by atoms with van der Waals surface area (Å²) in [6, 6.07) is 14.3. The van der Waals surface area contributed by atoms with Crippen molar-refractivity contribution in [2.45, 2.75) is 38.3 Å². The molecule has 2 atom stereocenters. The van der Waals surface area contributed by atoms with Gasteiger partial charge in [0.1, 0.15) is 0 Å². The van der Waals surface area contributed by atoms with Crippen LogP contribution in [0.4, 0.5) is 10.5 Å². The van der Waals surface area contributed by atoms with Crippen LogP contribution >= 0.6 is 27.3 Å². The maximum Gasteiger partial charge on any atom is 0.413 e. The van der Waals surface area contributed by atoms with E-state index in [2.05, 4.69) is 26.2 Å². The van der Waals surface area contributed by atoms with Gasteiger partial charge in [-0.15, -0.1) is 0 Å². The Morgan fingerprint density at radius 1 is 1.19 bits per heavy atom. The average molecular weight is 569 g/mol. The zero-order valence-electron chi connectivity index (χ0n) is 19.6. The van der Waals surface area contributed by atoms with Crippen LogP contribution in [0.2, 0.25) is 0 Å². The van der Waals surface area contributed by atoms with E-state index in [1.54, 1.807) is 35.4 Å². The lowest BCUT2D eigenvalue weighted by Crippen LogP contribution is -2.38. The molecule has 3 aromatic rings. The first-order chi connectivity index (χ1) is 17.4. The number of benzene rings is 1. The van der Waals surface area contributed by atoms with E-state index in [1.807, 2.05) is 36.1 Å². The Bertz CT molecular complexity index is 1300. The second-order valence-corrected chi connectivity index (χ2v) is 11.3. The molecule has 2 aromatic heterocycles. The molecule has 10 heteroatoms. The molecule has 0 bridgehead atoms. The molecule has 186 valence electrons. The molecule has 1 aromatic carbocycles. The topological polar surface area (TPSA) is 91.8 Å². The molecule has 2 saturated heterocycles. The lowest BCUT2D eigenvalue weighted by molar-refractivity contribution is -0.117. The van der Waals surface area contributed by atoms with Crippen LogP contribution in [0, 0.1) is 6.92 Å². The predicted molar refractivity (Wildman–Crippen MR) is 140 cm³/mol. The van der Waals surface area contributed by atoms with Crippen molar-refractivity contribution in [1.82, 2.24) is 15.2 Å². The normalized spacial score (nSPS) is 19.6. The molecular formula is C26H25BrN4O4S. The minimum absolute atomic E-state index is 0.0255. The van der Waals surface area contributed by atoms with Gasteiger partial charge in [0.05, 0.1) is 21.6 Å². The van der Waals surface area contributed by atoms with Gasteiger partial charge in [-0.2, -0.15) is 0 Å². The fourth-order valence-electron chi connectivity index (χ4n) is 4.79. The number of likely N-dealkylation sites (tertiary alicyclic amines) is 1. The van der Waals surface area contributed by atoms with Gasteiger partial charge in [0.15, 0.2) is 5.06 Å². The van der Waals surface area contributed by atoms with Crippen LogP contribution in [0.3, 0.4) is 0 Å². The van der Waals surface area contributed by atoms with Gasteiger partial charge in [0.25, 0.3) is 5.91 Å². The first-order valence-corrected chi connectivity index (χ1v) is 13.4. The molecule has 5 rings (SSSR count). The third-order valence-electron chi connectivity index (χ3n) is 6.48. The summed E-state index contributed by atoms with van der Waals surface area (Å²) in [6.45, 7) is 2.91. The Labute approximate surface area is 221 Å². The summed E-state index contributed by atoms with van der Waals surface area (Å²) in [5.41, 5.74) is 3.03. The molecule has 0 radical (unpaired) electrons. The second kappa shape index (κ2) is 10.4. The van der Waals surface area contributed by atoms with E-state index < -0.39 is 6.09 Å². The summed E-state index contributed by atoms with van der Waals surface area (Å²) in [7, 11) is 0. The molecule has 8 nitrogen and oxygen atoms in total. The second-order valence-electron chi connectivity index (χ2n) is 8.91. The van der Waals surface area contributed by atoms with Gasteiger partial charge in [-0.25, -0.2) is 4.79 Å². The van der Waals surface area contributed by atoms with E-state index in [4.69, 9.17) is 4.74 Å². The molecule has 0 aliphatic carbocycles. The SMILES string of the molecule is Cc1cc(N2CC(NC(=O)Oc3ccc(Br)s3)CC2=O)ccc1C(=O)N1CCCC1c1ccccn1. The highest BCUT2D eigenvalue weighted by atomic mass is 79.9. The van der Waals surface area contributed by atoms with Crippen LogP contribution in [-0.2, 0) is 4.79 Å². The van der Waals surface area contributed by atoms with Gasteiger partial charge < -0.3 is 19.9 Å². The number of pyridine rings is 1. The number of carbonyl (C=O) groups is 3. The van der Waals surface area contributed by atoms with Crippen molar-refractivity contribution in [1.29, 1.82) is 0 Å². The van der Waals surface area contributed by atoms with E-state index in [9.17, 15) is 14.4 Å². The van der Waals surface area contributed by atoms with Crippen LogP contribution in [-0.4, -0.2) is 46.9 Å². The molecule has 1 N–H and O–H groups in total. The van der Waals surface area contributed by atoms with Crippen molar-refractivity contribution < 1.29 is 19.1 Å². The maximum absolute atomic E-state index is 13.4. The number of nitrogens with zero attached hydrogens (tertiary/aromatic N) is 3. The number of aryl methyl sites for hydroxylation is 1. The van der Waals surface area contributed by atoms with Crippen LogP contribution in [0.15, 0.2) is 58.5 Å². The average Bonchev–Trinajstić information content (AvgIpc) is 3.59. The Morgan fingerprint density at radius 3 is 2.78 bits per heavy atom. The number of hydrogen-bond acceptors (Lipinski definition) is 6. The molecule has 2 aliphatic rings. The lowest BCUT2D eigenvalue weighted by Gasteiger charge is -2.25. The standard InChI is InChI=1S/C26H25BrN4O4S/c1-16-13-18(31-15-17(14-23(31)32)29-26(34)35-24-10-9-22(27)36-24)7-8-19(16)25(33)30-12-4-6-21(30)20-5-2-3-11-28-20/h2-3,5,7-11,13,17,21H,4,6,12,14-15H2,1H3,(H,29,34). The fourth-order valence-corrected chi connectivity index (χ4v) is 5.99. The summed E-state index contributed by atoms with van der Waals surface area (Å²) in [6.07, 6.45) is 3.18. The maximum atomic E-state index is 13.4. The van der Waals surface area contributed by atoms with E-state index in [1.165, 1.54) is 11.3 Å². The lowest BCUT2D eigenvalue weighted by atomic mass is 10.0. The zero-order chi connectivity index (χ0) is 25.2. The number of nitrogens with one attached hydrogen (secondary N) is 1. The van der Waals surface area contributed by atoms with Crippen LogP contribution < -0.4 is 15.0 Å². The molecule has 4 heterocycles. The van der Waals surface area contributed by atoms with Crippen molar-refractivity contribution >= 4 is 50.9 Å². The van der Waals surface area contributed by atoms with Crippen molar-refractivity contribution in [2.24, 2.45) is 0 Å². The van der Waals surface area contributed by atoms with Gasteiger partial charge in [0.2, 0.25) is 5.91 Å². The summed E-state index contributed by atoms with van der Waals surface area (Å²) in [5.74, 6) is -0.116. The molecule has 0 spiro atoms. The summed E-state index contributed by atoms with van der Waals surface area (Å²) >= 11 is 4.64. The summed E-state index contributed by atoms with van der Waals surface area (Å²) < 4.78 is 6.15. The number of halogens is 1. The number of carbonyl (C=O) groups excluding carboxylic acids is 3. The van der Waals surface area contributed by atoms with Crippen LogP contribution in [0.5, 0.6) is 5.06 Å². The minimum Gasteiger partial charge on any atom is -0.399 e. The molecule has 2 fully saturated rings. The van der Waals surface area contributed by atoms with E-state index in [-0.39, 0.29) is 30.3 Å². The number of ether oxygens (including phenoxy) is 1. The van der Waals surface area contributed by atoms with Crippen molar-refractivity contribution in [3.63, 3.8) is 0 Å². The third-order valence-corrected chi connectivity index (χ3v) is 7.99. The van der Waals surface area contributed by atoms with E-state index in [0.29, 0.717) is 29.4 Å². The molecule has 0 saturated carbocycles. The number of amides is 3. The Balaban J connectivity index is 1.25.